The predicted molar refractivity (Wildman–Crippen MR) is 88.5 cm³/mol. The fourth-order valence-corrected chi connectivity index (χ4v) is 4.13. The molecule has 0 bridgehead atoms. The van der Waals surface area contributed by atoms with Gasteiger partial charge < -0.3 is 9.80 Å². The monoisotopic (exact) mass is 327 g/mol. The topological polar surface area (TPSA) is 60.9 Å². The van der Waals surface area contributed by atoms with Crippen LogP contribution in [0.5, 0.6) is 0 Å². The molecular formula is C18H21N3O3. The summed E-state index contributed by atoms with van der Waals surface area (Å²) in [6, 6.07) is 6.75. The van der Waals surface area contributed by atoms with E-state index < -0.39 is 11.6 Å². The maximum atomic E-state index is 12.9. The average Bonchev–Trinajstić information content (AvgIpc) is 3.17. The molecule has 3 heterocycles. The number of imide groups is 1. The minimum atomic E-state index is -0.755. The first kappa shape index (κ1) is 15.2. The molecule has 6 nitrogen and oxygen atoms in total. The van der Waals surface area contributed by atoms with Crippen molar-refractivity contribution in [2.24, 2.45) is 0 Å². The second-order valence-corrected chi connectivity index (χ2v) is 7.12. The number of rotatable bonds is 2. The molecule has 2 atom stereocenters. The van der Waals surface area contributed by atoms with Crippen LogP contribution >= 0.6 is 0 Å². The minimum absolute atomic E-state index is 0.162. The first-order valence-electron chi connectivity index (χ1n) is 8.47. The molecule has 2 unspecified atom stereocenters. The highest BCUT2D eigenvalue weighted by Crippen LogP contribution is 2.39. The third-order valence-electron chi connectivity index (χ3n) is 5.59. The molecule has 0 spiro atoms. The molecule has 0 radical (unpaired) electrons. The summed E-state index contributed by atoms with van der Waals surface area (Å²) in [6.07, 6.45) is 2.01. The number of fused-ring (bicyclic) bond motifs is 1. The van der Waals surface area contributed by atoms with Crippen LogP contribution < -0.4 is 4.90 Å². The summed E-state index contributed by atoms with van der Waals surface area (Å²) in [5.41, 5.74) is 1.19. The second kappa shape index (κ2) is 5.06. The van der Waals surface area contributed by atoms with E-state index in [0.29, 0.717) is 25.9 Å². The average molecular weight is 327 g/mol. The maximum Gasteiger partial charge on any atom is 0.328 e. The molecule has 4 amide bonds. The number of nitrogens with zero attached hydrogens (tertiary/aromatic N) is 3. The van der Waals surface area contributed by atoms with Crippen molar-refractivity contribution < 1.29 is 14.4 Å². The number of urea groups is 1. The van der Waals surface area contributed by atoms with Gasteiger partial charge >= 0.3 is 6.03 Å². The molecule has 1 aromatic rings. The standard InChI is InChI=1S/C18H21N3O3/c1-12-4-6-13(7-5-12)19-11-8-14(15(19)22)21-16(23)18(2)9-3-10-20(18)17(21)24/h4-7,14H,3,8-11H2,1-2H3. The Morgan fingerprint density at radius 1 is 1.08 bits per heavy atom. The Balaban J connectivity index is 1.60. The SMILES string of the molecule is Cc1ccc(N2CCC(N3C(=O)N4CCCC4(C)C3=O)C2=O)cc1. The number of amides is 4. The maximum absolute atomic E-state index is 12.9. The van der Waals surface area contributed by atoms with E-state index in [4.69, 9.17) is 0 Å². The summed E-state index contributed by atoms with van der Waals surface area (Å²) in [4.78, 5) is 42.9. The lowest BCUT2D eigenvalue weighted by molar-refractivity contribution is -0.136. The third kappa shape index (κ3) is 1.92. The van der Waals surface area contributed by atoms with E-state index in [1.165, 1.54) is 4.90 Å². The molecule has 3 aliphatic rings. The Labute approximate surface area is 141 Å². The zero-order valence-electron chi connectivity index (χ0n) is 14.0. The van der Waals surface area contributed by atoms with Gasteiger partial charge in [-0.25, -0.2) is 9.69 Å². The summed E-state index contributed by atoms with van der Waals surface area (Å²) in [6.45, 7) is 4.94. The number of carbonyl (C=O) groups is 3. The van der Waals surface area contributed by atoms with Gasteiger partial charge in [0.1, 0.15) is 11.6 Å². The summed E-state index contributed by atoms with van der Waals surface area (Å²) >= 11 is 0. The van der Waals surface area contributed by atoms with Crippen LogP contribution in [0.1, 0.15) is 31.7 Å². The molecule has 1 aromatic carbocycles. The highest BCUT2D eigenvalue weighted by atomic mass is 16.2. The van der Waals surface area contributed by atoms with Crippen LogP contribution in [0.15, 0.2) is 24.3 Å². The van der Waals surface area contributed by atoms with Gasteiger partial charge in [-0.15, -0.1) is 0 Å². The van der Waals surface area contributed by atoms with E-state index in [9.17, 15) is 14.4 Å². The number of hydrogen-bond acceptors (Lipinski definition) is 3. The number of aryl methyl sites for hydroxylation is 1. The van der Waals surface area contributed by atoms with Crippen molar-refractivity contribution in [2.75, 3.05) is 18.0 Å². The molecule has 0 saturated carbocycles. The van der Waals surface area contributed by atoms with Crippen molar-refractivity contribution in [3.05, 3.63) is 29.8 Å². The van der Waals surface area contributed by atoms with E-state index in [0.717, 1.165) is 17.7 Å². The smallest absolute Gasteiger partial charge is 0.311 e. The summed E-state index contributed by atoms with van der Waals surface area (Å²) < 4.78 is 0. The van der Waals surface area contributed by atoms with E-state index in [1.807, 2.05) is 38.1 Å². The zero-order chi connectivity index (χ0) is 17.1. The van der Waals surface area contributed by atoms with Gasteiger partial charge in [0.15, 0.2) is 0 Å². The van der Waals surface area contributed by atoms with Crippen LogP contribution in [-0.2, 0) is 9.59 Å². The van der Waals surface area contributed by atoms with Crippen molar-refractivity contribution in [3.8, 4) is 0 Å². The third-order valence-corrected chi connectivity index (χ3v) is 5.59. The van der Waals surface area contributed by atoms with Gasteiger partial charge in [0.2, 0.25) is 5.91 Å². The normalized spacial score (nSPS) is 29.8. The highest BCUT2D eigenvalue weighted by molar-refractivity contribution is 6.12. The summed E-state index contributed by atoms with van der Waals surface area (Å²) in [5, 5.41) is 0. The van der Waals surface area contributed by atoms with E-state index in [1.54, 1.807) is 9.80 Å². The van der Waals surface area contributed by atoms with Gasteiger partial charge in [-0.3, -0.25) is 9.59 Å². The van der Waals surface area contributed by atoms with Crippen LogP contribution in [0, 0.1) is 6.92 Å². The molecule has 24 heavy (non-hydrogen) atoms. The Bertz CT molecular complexity index is 730. The van der Waals surface area contributed by atoms with Gasteiger partial charge in [-0.2, -0.15) is 0 Å². The number of carbonyl (C=O) groups excluding carboxylic acids is 3. The molecule has 3 aliphatic heterocycles. The molecule has 126 valence electrons. The van der Waals surface area contributed by atoms with Gasteiger partial charge in [0.25, 0.3) is 5.91 Å². The van der Waals surface area contributed by atoms with E-state index in [-0.39, 0.29) is 17.8 Å². The molecule has 3 fully saturated rings. The molecule has 4 rings (SSSR count). The van der Waals surface area contributed by atoms with Crippen LogP contribution in [0.4, 0.5) is 10.5 Å². The van der Waals surface area contributed by atoms with E-state index in [2.05, 4.69) is 0 Å². The first-order valence-corrected chi connectivity index (χ1v) is 8.47. The number of anilines is 1. The molecule has 0 aromatic heterocycles. The second-order valence-electron chi connectivity index (χ2n) is 7.12. The molecule has 0 aliphatic carbocycles. The van der Waals surface area contributed by atoms with Gasteiger partial charge in [0, 0.05) is 18.8 Å². The minimum Gasteiger partial charge on any atom is -0.311 e. The van der Waals surface area contributed by atoms with Crippen LogP contribution in [0.2, 0.25) is 0 Å². The van der Waals surface area contributed by atoms with Crippen molar-refractivity contribution in [1.82, 2.24) is 9.80 Å². The fraction of sp³-hybridized carbons (Fsp3) is 0.500. The molecule has 3 saturated heterocycles. The van der Waals surface area contributed by atoms with E-state index >= 15 is 0 Å². The quantitative estimate of drug-likeness (QED) is 0.780. The van der Waals surface area contributed by atoms with Crippen LogP contribution in [0.3, 0.4) is 0 Å². The lowest BCUT2D eigenvalue weighted by Crippen LogP contribution is -2.47. The van der Waals surface area contributed by atoms with Crippen LogP contribution in [-0.4, -0.2) is 52.3 Å². The molecule has 6 heteroatoms. The van der Waals surface area contributed by atoms with Crippen molar-refractivity contribution >= 4 is 23.5 Å². The Hall–Kier alpha value is -2.37. The zero-order valence-corrected chi connectivity index (χ0v) is 14.0. The van der Waals surface area contributed by atoms with Crippen molar-refractivity contribution in [1.29, 1.82) is 0 Å². The van der Waals surface area contributed by atoms with Crippen LogP contribution in [0.25, 0.3) is 0 Å². The van der Waals surface area contributed by atoms with Crippen molar-refractivity contribution in [3.63, 3.8) is 0 Å². The molecule has 0 N–H and O–H groups in total. The van der Waals surface area contributed by atoms with Crippen molar-refractivity contribution in [2.45, 2.75) is 44.7 Å². The lowest BCUT2D eigenvalue weighted by atomic mass is 9.99. The largest absolute Gasteiger partial charge is 0.328 e. The number of hydrogen-bond donors (Lipinski definition) is 0. The Kier molecular flexibility index (Phi) is 3.20. The Morgan fingerprint density at radius 3 is 2.46 bits per heavy atom. The fourth-order valence-electron chi connectivity index (χ4n) is 4.13. The predicted octanol–water partition coefficient (Wildman–Crippen LogP) is 1.92. The van der Waals surface area contributed by atoms with Gasteiger partial charge in [-0.05, 0) is 45.2 Å². The molecular weight excluding hydrogens is 306 g/mol. The summed E-state index contributed by atoms with van der Waals surface area (Å²) in [5.74, 6) is -0.376. The van der Waals surface area contributed by atoms with Gasteiger partial charge in [-0.1, -0.05) is 17.7 Å². The lowest BCUT2D eigenvalue weighted by Gasteiger charge is -2.23. The summed E-state index contributed by atoms with van der Waals surface area (Å²) in [7, 11) is 0. The number of benzene rings is 1. The Morgan fingerprint density at radius 2 is 1.79 bits per heavy atom. The van der Waals surface area contributed by atoms with Gasteiger partial charge in [0.05, 0.1) is 0 Å². The first-order chi connectivity index (χ1) is 11.4. The highest BCUT2D eigenvalue weighted by Gasteiger charge is 2.59.